The zero-order valence-electron chi connectivity index (χ0n) is 16.0. The number of carboxylic acid groups (broad SMARTS) is 2. The van der Waals surface area contributed by atoms with Crippen molar-refractivity contribution >= 4 is 11.9 Å². The van der Waals surface area contributed by atoms with Gasteiger partial charge in [0.15, 0.2) is 0 Å². The predicted molar refractivity (Wildman–Crippen MR) is 105 cm³/mol. The van der Waals surface area contributed by atoms with Crippen molar-refractivity contribution in [1.82, 2.24) is 5.32 Å². The first kappa shape index (κ1) is 22.4. The number of aliphatic carboxylic acids is 2. The second-order valence-electron chi connectivity index (χ2n) is 6.24. The van der Waals surface area contributed by atoms with E-state index in [1.54, 1.807) is 0 Å². The van der Waals surface area contributed by atoms with Gasteiger partial charge in [-0.1, -0.05) is 42.5 Å². The normalized spacial score (nSPS) is 15.7. The molecule has 156 valence electrons. The SMILES string of the molecule is O=C(O)C(=O)O.c1ccc(COc2cccc(COCC3CNCCO3)c2)cc1. The Bertz CT molecular complexity index is 749. The molecule has 8 nitrogen and oxygen atoms in total. The fraction of sp³-hybridized carbons (Fsp3) is 0.333. The molecule has 2 aromatic rings. The van der Waals surface area contributed by atoms with Crippen molar-refractivity contribution in [1.29, 1.82) is 0 Å². The van der Waals surface area contributed by atoms with Gasteiger partial charge in [-0.25, -0.2) is 9.59 Å². The average Bonchev–Trinajstić information content (AvgIpc) is 2.74. The fourth-order valence-electron chi connectivity index (χ4n) is 2.50. The molecule has 1 aliphatic heterocycles. The number of hydrogen-bond acceptors (Lipinski definition) is 6. The van der Waals surface area contributed by atoms with E-state index in [2.05, 4.69) is 23.5 Å². The van der Waals surface area contributed by atoms with Gasteiger partial charge in [-0.15, -0.1) is 0 Å². The Morgan fingerprint density at radius 3 is 2.38 bits per heavy atom. The van der Waals surface area contributed by atoms with Crippen LogP contribution in [0.1, 0.15) is 11.1 Å². The largest absolute Gasteiger partial charge is 0.489 e. The van der Waals surface area contributed by atoms with Crippen LogP contribution in [0.15, 0.2) is 54.6 Å². The highest BCUT2D eigenvalue weighted by atomic mass is 16.5. The van der Waals surface area contributed by atoms with Crippen LogP contribution in [0, 0.1) is 0 Å². The average molecular weight is 403 g/mol. The molecule has 0 aromatic heterocycles. The smallest absolute Gasteiger partial charge is 0.414 e. The molecule has 1 fully saturated rings. The summed E-state index contributed by atoms with van der Waals surface area (Å²) in [7, 11) is 0. The summed E-state index contributed by atoms with van der Waals surface area (Å²) in [6.45, 7) is 4.31. The summed E-state index contributed by atoms with van der Waals surface area (Å²) < 4.78 is 17.2. The number of morpholine rings is 1. The van der Waals surface area contributed by atoms with Crippen LogP contribution in [0.2, 0.25) is 0 Å². The van der Waals surface area contributed by atoms with Crippen molar-refractivity contribution in [3.8, 4) is 5.75 Å². The van der Waals surface area contributed by atoms with Crippen LogP contribution < -0.4 is 10.1 Å². The van der Waals surface area contributed by atoms with E-state index in [9.17, 15) is 0 Å². The molecule has 0 saturated carbocycles. The standard InChI is InChI=1S/C19H23NO3.C2H2O4/c1-2-5-16(6-3-1)14-23-18-8-4-7-17(11-18)13-21-15-19-12-20-9-10-22-19;3-1(4)2(5)6/h1-8,11,19-20H,9-10,12-15H2;(H,3,4)(H,5,6). The number of nitrogens with one attached hydrogen (secondary N) is 1. The molecule has 3 rings (SSSR count). The van der Waals surface area contributed by atoms with Crippen molar-refractivity contribution in [3.05, 3.63) is 65.7 Å². The molecule has 1 heterocycles. The summed E-state index contributed by atoms with van der Waals surface area (Å²) >= 11 is 0. The minimum absolute atomic E-state index is 0.154. The number of carbonyl (C=O) groups is 2. The quantitative estimate of drug-likeness (QED) is 0.601. The minimum Gasteiger partial charge on any atom is -0.489 e. The van der Waals surface area contributed by atoms with Gasteiger partial charge < -0.3 is 29.7 Å². The molecular weight excluding hydrogens is 378 g/mol. The molecular formula is C21H25NO7. The van der Waals surface area contributed by atoms with Gasteiger partial charge >= 0.3 is 11.9 Å². The maximum Gasteiger partial charge on any atom is 0.414 e. The zero-order valence-corrected chi connectivity index (χ0v) is 16.0. The maximum atomic E-state index is 9.10. The molecule has 1 aliphatic rings. The van der Waals surface area contributed by atoms with Gasteiger partial charge in [0, 0.05) is 13.1 Å². The van der Waals surface area contributed by atoms with Gasteiger partial charge in [-0.3, -0.25) is 0 Å². The van der Waals surface area contributed by atoms with Crippen LogP contribution >= 0.6 is 0 Å². The molecule has 0 aliphatic carbocycles. The van der Waals surface area contributed by atoms with Crippen LogP contribution in [-0.4, -0.2) is 54.6 Å². The number of rotatable bonds is 7. The highest BCUT2D eigenvalue weighted by Crippen LogP contribution is 2.16. The molecule has 3 N–H and O–H groups in total. The Balaban J connectivity index is 0.000000438. The van der Waals surface area contributed by atoms with Crippen molar-refractivity contribution in [2.75, 3.05) is 26.3 Å². The number of ether oxygens (including phenoxy) is 3. The monoisotopic (exact) mass is 403 g/mol. The van der Waals surface area contributed by atoms with Gasteiger partial charge in [0.2, 0.25) is 0 Å². The van der Waals surface area contributed by atoms with Crippen molar-refractivity contribution in [3.63, 3.8) is 0 Å². The van der Waals surface area contributed by atoms with Crippen LogP contribution in [-0.2, 0) is 32.3 Å². The van der Waals surface area contributed by atoms with E-state index in [1.165, 1.54) is 0 Å². The molecule has 0 amide bonds. The second kappa shape index (κ2) is 12.5. The molecule has 0 radical (unpaired) electrons. The molecule has 1 saturated heterocycles. The lowest BCUT2D eigenvalue weighted by Crippen LogP contribution is -2.40. The minimum atomic E-state index is -1.82. The molecule has 29 heavy (non-hydrogen) atoms. The second-order valence-corrected chi connectivity index (χ2v) is 6.24. The highest BCUT2D eigenvalue weighted by Gasteiger charge is 2.13. The molecule has 8 heteroatoms. The molecule has 1 atom stereocenters. The predicted octanol–water partition coefficient (Wildman–Crippen LogP) is 1.93. The Hall–Kier alpha value is -2.94. The Labute approximate surface area is 169 Å². The van der Waals surface area contributed by atoms with Gasteiger partial charge in [0.1, 0.15) is 12.4 Å². The third kappa shape index (κ3) is 9.20. The van der Waals surface area contributed by atoms with Crippen LogP contribution in [0.4, 0.5) is 0 Å². The summed E-state index contributed by atoms with van der Waals surface area (Å²) in [5.74, 6) is -2.78. The summed E-state index contributed by atoms with van der Waals surface area (Å²) in [6.07, 6.45) is 0.154. The lowest BCUT2D eigenvalue weighted by Gasteiger charge is -2.23. The Morgan fingerprint density at radius 2 is 1.72 bits per heavy atom. The third-order valence-corrected chi connectivity index (χ3v) is 3.91. The summed E-state index contributed by atoms with van der Waals surface area (Å²) in [4.78, 5) is 18.2. The summed E-state index contributed by atoms with van der Waals surface area (Å²) in [6, 6.07) is 18.2. The van der Waals surface area contributed by atoms with E-state index >= 15 is 0 Å². The van der Waals surface area contributed by atoms with Crippen LogP contribution in [0.3, 0.4) is 0 Å². The van der Waals surface area contributed by atoms with E-state index in [1.807, 2.05) is 36.4 Å². The topological polar surface area (TPSA) is 114 Å². The lowest BCUT2D eigenvalue weighted by molar-refractivity contribution is -0.159. The van der Waals surface area contributed by atoms with Crippen LogP contribution in [0.25, 0.3) is 0 Å². The summed E-state index contributed by atoms with van der Waals surface area (Å²) in [5.41, 5.74) is 2.27. The van der Waals surface area contributed by atoms with Gasteiger partial charge in [-0.2, -0.15) is 0 Å². The Morgan fingerprint density at radius 1 is 1.00 bits per heavy atom. The van der Waals surface area contributed by atoms with Gasteiger partial charge in [-0.05, 0) is 23.3 Å². The molecule has 0 bridgehead atoms. The van der Waals surface area contributed by atoms with E-state index in [0.717, 1.165) is 36.6 Å². The number of carboxylic acids is 2. The maximum absolute atomic E-state index is 9.10. The number of benzene rings is 2. The molecule has 2 aromatic carbocycles. The first-order valence-electron chi connectivity index (χ1n) is 9.16. The van der Waals surface area contributed by atoms with Crippen LogP contribution in [0.5, 0.6) is 5.75 Å². The molecule has 0 spiro atoms. The van der Waals surface area contributed by atoms with Crippen molar-refractivity contribution in [2.24, 2.45) is 0 Å². The van der Waals surface area contributed by atoms with Crippen molar-refractivity contribution in [2.45, 2.75) is 19.3 Å². The van der Waals surface area contributed by atoms with Crippen molar-refractivity contribution < 1.29 is 34.0 Å². The van der Waals surface area contributed by atoms with Gasteiger partial charge in [0.25, 0.3) is 0 Å². The third-order valence-electron chi connectivity index (χ3n) is 3.91. The van der Waals surface area contributed by atoms with Gasteiger partial charge in [0.05, 0.1) is 25.9 Å². The Kier molecular flexibility index (Phi) is 9.64. The van der Waals surface area contributed by atoms with E-state index < -0.39 is 11.9 Å². The highest BCUT2D eigenvalue weighted by molar-refractivity contribution is 6.27. The first-order chi connectivity index (χ1) is 14.0. The summed E-state index contributed by atoms with van der Waals surface area (Å²) in [5, 5.41) is 18.1. The lowest BCUT2D eigenvalue weighted by atomic mass is 10.2. The number of hydrogen-bond donors (Lipinski definition) is 3. The van der Waals surface area contributed by atoms with E-state index in [4.69, 9.17) is 34.0 Å². The zero-order chi connectivity index (χ0) is 20.9. The van der Waals surface area contributed by atoms with E-state index in [-0.39, 0.29) is 6.10 Å². The van der Waals surface area contributed by atoms with E-state index in [0.29, 0.717) is 19.8 Å². The molecule has 1 unspecified atom stereocenters. The first-order valence-corrected chi connectivity index (χ1v) is 9.16. The fourth-order valence-corrected chi connectivity index (χ4v) is 2.50.